The lowest BCUT2D eigenvalue weighted by Crippen LogP contribution is -2.33. The van der Waals surface area contributed by atoms with E-state index < -0.39 is 29.6 Å². The van der Waals surface area contributed by atoms with E-state index in [-0.39, 0.29) is 0 Å². The Morgan fingerprint density at radius 3 is 2.53 bits per heavy atom. The third-order valence-electron chi connectivity index (χ3n) is 3.08. The van der Waals surface area contributed by atoms with Crippen LogP contribution in [0.1, 0.15) is 37.4 Å². The van der Waals surface area contributed by atoms with Crippen molar-refractivity contribution in [3.05, 3.63) is 22.1 Å². The van der Waals surface area contributed by atoms with Gasteiger partial charge in [-0.3, -0.25) is 9.89 Å². The van der Waals surface area contributed by atoms with Gasteiger partial charge in [-0.15, -0.1) is 0 Å². The fraction of sp³-hybridized carbons (Fsp3) is 0.700. The van der Waals surface area contributed by atoms with E-state index in [1.807, 2.05) is 5.10 Å². The van der Waals surface area contributed by atoms with Crippen molar-refractivity contribution in [1.82, 2.24) is 9.78 Å². The summed E-state index contributed by atoms with van der Waals surface area (Å²) >= 11 is 0. The van der Waals surface area contributed by atoms with Crippen LogP contribution in [0.3, 0.4) is 0 Å². The number of rotatable bonds is 1. The normalized spacial score (nSPS) is 26.1. The van der Waals surface area contributed by atoms with Crippen LogP contribution in [0.2, 0.25) is 0 Å². The predicted molar refractivity (Wildman–Crippen MR) is 53.6 cm³/mol. The van der Waals surface area contributed by atoms with Gasteiger partial charge in [-0.2, -0.15) is 13.2 Å². The predicted octanol–water partition coefficient (Wildman–Crippen LogP) is 1.67. The standard InChI is InChI=1S/C10H13F3N2O2/c11-10(12,13)8-5-9(17)15(14-8)6-3-1-2-4-7(6)16/h5-7,14,16H,1-4H2. The molecule has 2 N–H and O–H groups in total. The Bertz CT molecular complexity index is 449. The molecule has 17 heavy (non-hydrogen) atoms. The van der Waals surface area contributed by atoms with Crippen molar-refractivity contribution < 1.29 is 18.3 Å². The van der Waals surface area contributed by atoms with Crippen molar-refractivity contribution in [3.8, 4) is 0 Å². The molecule has 0 radical (unpaired) electrons. The van der Waals surface area contributed by atoms with Gasteiger partial charge in [-0.25, -0.2) is 4.68 Å². The molecule has 0 bridgehead atoms. The van der Waals surface area contributed by atoms with Crippen LogP contribution in [0.15, 0.2) is 10.9 Å². The summed E-state index contributed by atoms with van der Waals surface area (Å²) in [6.07, 6.45) is -2.67. The van der Waals surface area contributed by atoms with Gasteiger partial charge >= 0.3 is 6.18 Å². The Balaban J connectivity index is 2.32. The monoisotopic (exact) mass is 250 g/mol. The SMILES string of the molecule is O=c1cc(C(F)(F)F)[nH]n1C1CCCCC1O. The molecule has 0 aromatic carbocycles. The van der Waals surface area contributed by atoms with Crippen LogP contribution >= 0.6 is 0 Å². The second kappa shape index (κ2) is 4.21. The van der Waals surface area contributed by atoms with E-state index in [4.69, 9.17) is 0 Å². The van der Waals surface area contributed by atoms with Gasteiger partial charge in [0.2, 0.25) is 0 Å². The van der Waals surface area contributed by atoms with Gasteiger partial charge < -0.3 is 5.11 Å². The van der Waals surface area contributed by atoms with Crippen molar-refractivity contribution in [2.75, 3.05) is 0 Å². The summed E-state index contributed by atoms with van der Waals surface area (Å²) in [5.74, 6) is 0. The Hall–Kier alpha value is -1.24. The summed E-state index contributed by atoms with van der Waals surface area (Å²) < 4.78 is 38.1. The average Bonchev–Trinajstić information content (AvgIpc) is 2.61. The maximum absolute atomic E-state index is 12.4. The van der Waals surface area contributed by atoms with Crippen LogP contribution in [-0.4, -0.2) is 21.0 Å². The van der Waals surface area contributed by atoms with Crippen molar-refractivity contribution in [1.29, 1.82) is 0 Å². The van der Waals surface area contributed by atoms with E-state index in [2.05, 4.69) is 0 Å². The molecule has 2 rings (SSSR count). The average molecular weight is 250 g/mol. The Morgan fingerprint density at radius 1 is 1.35 bits per heavy atom. The second-order valence-electron chi connectivity index (χ2n) is 4.29. The summed E-state index contributed by atoms with van der Waals surface area (Å²) in [6.45, 7) is 0. The van der Waals surface area contributed by atoms with Gasteiger partial charge in [-0.1, -0.05) is 12.8 Å². The maximum Gasteiger partial charge on any atom is 0.432 e. The fourth-order valence-corrected chi connectivity index (χ4v) is 2.19. The number of aromatic amines is 1. The van der Waals surface area contributed by atoms with Crippen LogP contribution in [0.25, 0.3) is 0 Å². The summed E-state index contributed by atoms with van der Waals surface area (Å²) in [7, 11) is 0. The van der Waals surface area contributed by atoms with E-state index in [1.165, 1.54) is 0 Å². The lowest BCUT2D eigenvalue weighted by Gasteiger charge is -2.27. The number of halogens is 3. The third kappa shape index (κ3) is 2.38. The molecule has 0 saturated heterocycles. The number of aliphatic hydroxyl groups excluding tert-OH is 1. The van der Waals surface area contributed by atoms with Crippen molar-refractivity contribution in [3.63, 3.8) is 0 Å². The molecule has 7 heteroatoms. The minimum Gasteiger partial charge on any atom is -0.391 e. The topological polar surface area (TPSA) is 58.0 Å². The summed E-state index contributed by atoms with van der Waals surface area (Å²) in [5, 5.41) is 11.7. The van der Waals surface area contributed by atoms with Crippen LogP contribution in [-0.2, 0) is 6.18 Å². The highest BCUT2D eigenvalue weighted by Gasteiger charge is 2.35. The van der Waals surface area contributed by atoms with Crippen LogP contribution in [0, 0.1) is 0 Å². The van der Waals surface area contributed by atoms with Gasteiger partial charge in [-0.05, 0) is 12.8 Å². The minimum absolute atomic E-state index is 0.511. The maximum atomic E-state index is 12.4. The first-order valence-electron chi connectivity index (χ1n) is 5.46. The van der Waals surface area contributed by atoms with Crippen LogP contribution < -0.4 is 5.56 Å². The Morgan fingerprint density at radius 2 is 2.00 bits per heavy atom. The highest BCUT2D eigenvalue weighted by atomic mass is 19.4. The lowest BCUT2D eigenvalue weighted by atomic mass is 9.93. The number of alkyl halides is 3. The molecule has 2 unspecified atom stereocenters. The molecular formula is C10H13F3N2O2. The van der Waals surface area contributed by atoms with Crippen molar-refractivity contribution >= 4 is 0 Å². The smallest absolute Gasteiger partial charge is 0.391 e. The molecule has 1 aromatic heterocycles. The van der Waals surface area contributed by atoms with Gasteiger partial charge in [0.1, 0.15) is 5.69 Å². The van der Waals surface area contributed by atoms with Crippen LogP contribution in [0.4, 0.5) is 13.2 Å². The highest BCUT2D eigenvalue weighted by Crippen LogP contribution is 2.30. The largest absolute Gasteiger partial charge is 0.432 e. The molecule has 2 atom stereocenters. The van der Waals surface area contributed by atoms with E-state index in [0.29, 0.717) is 18.9 Å². The summed E-state index contributed by atoms with van der Waals surface area (Å²) in [4.78, 5) is 11.5. The number of nitrogens with zero attached hydrogens (tertiary/aromatic N) is 1. The molecular weight excluding hydrogens is 237 g/mol. The van der Waals surface area contributed by atoms with Gasteiger partial charge in [0, 0.05) is 6.07 Å². The number of hydrogen-bond acceptors (Lipinski definition) is 2. The number of aromatic nitrogens is 2. The first-order valence-corrected chi connectivity index (χ1v) is 5.46. The van der Waals surface area contributed by atoms with Crippen molar-refractivity contribution in [2.24, 2.45) is 0 Å². The first-order chi connectivity index (χ1) is 7.89. The van der Waals surface area contributed by atoms with Gasteiger partial charge in [0.25, 0.3) is 5.56 Å². The molecule has 0 amide bonds. The zero-order chi connectivity index (χ0) is 12.6. The number of hydrogen-bond donors (Lipinski definition) is 2. The van der Waals surface area contributed by atoms with E-state index in [0.717, 1.165) is 17.5 Å². The van der Waals surface area contributed by atoms with Crippen molar-refractivity contribution in [2.45, 2.75) is 44.0 Å². The minimum atomic E-state index is -4.57. The molecule has 1 aliphatic rings. The van der Waals surface area contributed by atoms with E-state index >= 15 is 0 Å². The lowest BCUT2D eigenvalue weighted by molar-refractivity contribution is -0.141. The third-order valence-corrected chi connectivity index (χ3v) is 3.08. The van der Waals surface area contributed by atoms with E-state index in [1.54, 1.807) is 0 Å². The number of aliphatic hydroxyl groups is 1. The summed E-state index contributed by atoms with van der Waals surface area (Å²) in [5.41, 5.74) is -1.82. The first kappa shape index (κ1) is 12.2. The molecule has 1 heterocycles. The van der Waals surface area contributed by atoms with E-state index in [9.17, 15) is 23.1 Å². The van der Waals surface area contributed by atoms with Crippen LogP contribution in [0.5, 0.6) is 0 Å². The highest BCUT2D eigenvalue weighted by molar-refractivity contribution is 5.05. The zero-order valence-corrected chi connectivity index (χ0v) is 9.00. The van der Waals surface area contributed by atoms with Gasteiger partial charge in [0.05, 0.1) is 12.1 Å². The number of H-pyrrole nitrogens is 1. The summed E-state index contributed by atoms with van der Waals surface area (Å²) in [6, 6.07) is -0.0474. The molecule has 1 saturated carbocycles. The molecule has 1 aromatic rings. The fourth-order valence-electron chi connectivity index (χ4n) is 2.19. The molecule has 4 nitrogen and oxygen atoms in total. The molecule has 0 spiro atoms. The Labute approximate surface area is 95.0 Å². The molecule has 1 aliphatic carbocycles. The quantitative estimate of drug-likeness (QED) is 0.796. The van der Waals surface area contributed by atoms with Gasteiger partial charge in [0.15, 0.2) is 0 Å². The molecule has 96 valence electrons. The molecule has 1 fully saturated rings. The molecule has 0 aliphatic heterocycles. The number of nitrogens with one attached hydrogen (secondary N) is 1. The Kier molecular flexibility index (Phi) is 3.03. The zero-order valence-electron chi connectivity index (χ0n) is 9.00. The second-order valence-corrected chi connectivity index (χ2v) is 4.29.